The lowest BCUT2D eigenvalue weighted by atomic mass is 10.1. The molecule has 0 atom stereocenters. The molecule has 3 rings (SSSR count). The molecule has 2 heterocycles. The Bertz CT molecular complexity index is 1120. The van der Waals surface area contributed by atoms with Gasteiger partial charge in [-0.25, -0.2) is 9.78 Å². The van der Waals surface area contributed by atoms with E-state index in [0.717, 1.165) is 5.56 Å². The van der Waals surface area contributed by atoms with Crippen LogP contribution in [0.5, 0.6) is 11.5 Å². The van der Waals surface area contributed by atoms with E-state index in [4.69, 9.17) is 14.2 Å². The molecule has 0 radical (unpaired) electrons. The van der Waals surface area contributed by atoms with Gasteiger partial charge in [-0.3, -0.25) is 10.1 Å². The van der Waals surface area contributed by atoms with Crippen LogP contribution in [0.15, 0.2) is 23.6 Å². The number of carbonyl (C=O) groups excluding carboxylic acids is 2. The van der Waals surface area contributed by atoms with Gasteiger partial charge in [-0.05, 0) is 51.5 Å². The predicted molar refractivity (Wildman–Crippen MR) is 119 cm³/mol. The molecule has 1 amide bonds. The van der Waals surface area contributed by atoms with E-state index >= 15 is 0 Å². The van der Waals surface area contributed by atoms with Crippen LogP contribution in [0.1, 0.15) is 46.0 Å². The SMILES string of the molecule is COc1ccc(OC)c(-c2csc(NC(=O)c3[nH]c(C)c(C(=O)OC(C)C)c3C)n2)c1. The quantitative estimate of drug-likeness (QED) is 0.518. The van der Waals surface area contributed by atoms with Gasteiger partial charge in [0.15, 0.2) is 5.13 Å². The van der Waals surface area contributed by atoms with Gasteiger partial charge in [0.05, 0.1) is 31.6 Å². The minimum atomic E-state index is -0.457. The number of amides is 1. The van der Waals surface area contributed by atoms with Crippen molar-refractivity contribution in [3.05, 3.63) is 46.1 Å². The maximum atomic E-state index is 12.8. The lowest BCUT2D eigenvalue weighted by Crippen LogP contribution is -2.15. The fourth-order valence-electron chi connectivity index (χ4n) is 3.18. The van der Waals surface area contributed by atoms with Gasteiger partial charge in [0.25, 0.3) is 5.91 Å². The summed E-state index contributed by atoms with van der Waals surface area (Å²) >= 11 is 1.29. The van der Waals surface area contributed by atoms with Crippen molar-refractivity contribution < 1.29 is 23.8 Å². The van der Waals surface area contributed by atoms with Gasteiger partial charge < -0.3 is 19.2 Å². The number of aromatic nitrogens is 2. The van der Waals surface area contributed by atoms with E-state index in [-0.39, 0.29) is 12.0 Å². The highest BCUT2D eigenvalue weighted by molar-refractivity contribution is 7.14. The molecular weight excluding hydrogens is 418 g/mol. The van der Waals surface area contributed by atoms with E-state index in [2.05, 4.69) is 15.3 Å². The second-order valence-corrected chi connectivity index (χ2v) is 8.00. The standard InChI is InChI=1S/C22H25N3O5S/c1-11(2)30-21(27)18-12(3)19(23-13(18)4)20(26)25-22-24-16(10-31-22)15-9-14(28-5)7-8-17(15)29-6/h7-11,23H,1-6H3,(H,24,25,26). The lowest BCUT2D eigenvalue weighted by molar-refractivity contribution is 0.0376. The number of thiazole rings is 1. The zero-order chi connectivity index (χ0) is 22.7. The van der Waals surface area contributed by atoms with E-state index < -0.39 is 5.97 Å². The van der Waals surface area contributed by atoms with Crippen LogP contribution in [0.4, 0.5) is 5.13 Å². The lowest BCUT2D eigenvalue weighted by Gasteiger charge is -2.08. The number of rotatable bonds is 7. The molecule has 2 N–H and O–H groups in total. The maximum absolute atomic E-state index is 12.8. The molecular formula is C22H25N3O5S. The van der Waals surface area contributed by atoms with Gasteiger partial charge in [-0.2, -0.15) is 0 Å². The number of ether oxygens (including phenoxy) is 3. The predicted octanol–water partition coefficient (Wildman–Crippen LogP) is 4.59. The molecule has 1 aromatic carbocycles. The molecule has 0 saturated heterocycles. The third-order valence-corrected chi connectivity index (χ3v) is 5.38. The summed E-state index contributed by atoms with van der Waals surface area (Å²) in [7, 11) is 3.17. The molecule has 0 fully saturated rings. The van der Waals surface area contributed by atoms with Crippen LogP contribution in [-0.4, -0.2) is 42.2 Å². The van der Waals surface area contributed by atoms with Crippen molar-refractivity contribution in [3.8, 4) is 22.8 Å². The third kappa shape index (κ3) is 4.72. The average molecular weight is 444 g/mol. The topological polar surface area (TPSA) is 103 Å². The molecule has 9 heteroatoms. The number of benzene rings is 1. The smallest absolute Gasteiger partial charge is 0.340 e. The summed E-state index contributed by atoms with van der Waals surface area (Å²) < 4.78 is 16.0. The van der Waals surface area contributed by atoms with E-state index in [1.54, 1.807) is 54.0 Å². The summed E-state index contributed by atoms with van der Waals surface area (Å²) in [6, 6.07) is 5.43. The Labute approximate surface area is 184 Å². The van der Waals surface area contributed by atoms with Gasteiger partial charge in [0, 0.05) is 16.6 Å². The number of aryl methyl sites for hydroxylation is 1. The molecule has 0 bridgehead atoms. The van der Waals surface area contributed by atoms with E-state index in [9.17, 15) is 9.59 Å². The molecule has 164 valence electrons. The molecule has 3 aromatic rings. The minimum Gasteiger partial charge on any atom is -0.497 e. The molecule has 0 spiro atoms. The number of nitrogens with zero attached hydrogens (tertiary/aromatic N) is 1. The van der Waals surface area contributed by atoms with Crippen molar-refractivity contribution in [1.82, 2.24) is 9.97 Å². The van der Waals surface area contributed by atoms with Crippen LogP contribution in [0.25, 0.3) is 11.3 Å². The number of hydrogen-bond donors (Lipinski definition) is 2. The minimum absolute atomic E-state index is 0.249. The Balaban J connectivity index is 1.84. The van der Waals surface area contributed by atoms with Crippen molar-refractivity contribution in [2.75, 3.05) is 19.5 Å². The number of esters is 1. The number of methoxy groups -OCH3 is 2. The molecule has 2 aromatic heterocycles. The molecule has 0 aliphatic carbocycles. The van der Waals surface area contributed by atoms with Crippen molar-refractivity contribution in [2.24, 2.45) is 0 Å². The van der Waals surface area contributed by atoms with Gasteiger partial charge >= 0.3 is 5.97 Å². The average Bonchev–Trinajstić information content (AvgIpc) is 3.30. The highest BCUT2D eigenvalue weighted by atomic mass is 32.1. The number of aromatic amines is 1. The highest BCUT2D eigenvalue weighted by Gasteiger charge is 2.24. The van der Waals surface area contributed by atoms with E-state index in [1.807, 2.05) is 11.4 Å². The molecule has 0 saturated carbocycles. The Morgan fingerprint density at radius 1 is 1.16 bits per heavy atom. The first-order chi connectivity index (χ1) is 14.7. The van der Waals surface area contributed by atoms with Gasteiger partial charge in [-0.1, -0.05) is 0 Å². The van der Waals surface area contributed by atoms with Gasteiger partial charge in [-0.15, -0.1) is 11.3 Å². The molecule has 31 heavy (non-hydrogen) atoms. The summed E-state index contributed by atoms with van der Waals surface area (Å²) in [5.41, 5.74) is 3.19. The number of H-pyrrole nitrogens is 1. The first-order valence-electron chi connectivity index (χ1n) is 9.64. The number of hydrogen-bond acceptors (Lipinski definition) is 7. The van der Waals surface area contributed by atoms with Crippen LogP contribution in [-0.2, 0) is 4.74 Å². The Kier molecular flexibility index (Phi) is 6.65. The zero-order valence-electron chi connectivity index (χ0n) is 18.3. The highest BCUT2D eigenvalue weighted by Crippen LogP contribution is 2.35. The van der Waals surface area contributed by atoms with Crippen molar-refractivity contribution in [3.63, 3.8) is 0 Å². The van der Waals surface area contributed by atoms with Gasteiger partial charge in [0.2, 0.25) is 0 Å². The Morgan fingerprint density at radius 3 is 2.55 bits per heavy atom. The van der Waals surface area contributed by atoms with Crippen molar-refractivity contribution in [2.45, 2.75) is 33.8 Å². The fourth-order valence-corrected chi connectivity index (χ4v) is 3.89. The van der Waals surface area contributed by atoms with Crippen LogP contribution in [0.2, 0.25) is 0 Å². The summed E-state index contributed by atoms with van der Waals surface area (Å²) in [6.07, 6.45) is -0.249. The van der Waals surface area contributed by atoms with Crippen molar-refractivity contribution in [1.29, 1.82) is 0 Å². The Morgan fingerprint density at radius 2 is 1.90 bits per heavy atom. The number of carbonyl (C=O) groups is 2. The number of nitrogens with one attached hydrogen (secondary N) is 2. The van der Waals surface area contributed by atoms with Gasteiger partial charge in [0.1, 0.15) is 17.2 Å². The zero-order valence-corrected chi connectivity index (χ0v) is 19.1. The first-order valence-corrected chi connectivity index (χ1v) is 10.5. The van der Waals surface area contributed by atoms with E-state index in [0.29, 0.717) is 44.8 Å². The van der Waals surface area contributed by atoms with Crippen LogP contribution in [0.3, 0.4) is 0 Å². The first kappa shape index (κ1) is 22.4. The normalized spacial score (nSPS) is 10.8. The molecule has 8 nitrogen and oxygen atoms in total. The molecule has 0 unspecified atom stereocenters. The van der Waals surface area contributed by atoms with Crippen LogP contribution < -0.4 is 14.8 Å². The summed E-state index contributed by atoms with van der Waals surface area (Å²) in [5.74, 6) is 0.477. The number of anilines is 1. The summed E-state index contributed by atoms with van der Waals surface area (Å²) in [5, 5.41) is 5.03. The second-order valence-electron chi connectivity index (χ2n) is 7.14. The summed E-state index contributed by atoms with van der Waals surface area (Å²) in [4.78, 5) is 32.7. The fraction of sp³-hybridized carbons (Fsp3) is 0.318. The van der Waals surface area contributed by atoms with Crippen LogP contribution in [0, 0.1) is 13.8 Å². The van der Waals surface area contributed by atoms with Crippen LogP contribution >= 0.6 is 11.3 Å². The van der Waals surface area contributed by atoms with E-state index in [1.165, 1.54) is 11.3 Å². The molecule has 0 aliphatic rings. The maximum Gasteiger partial charge on any atom is 0.340 e. The third-order valence-electron chi connectivity index (χ3n) is 4.62. The second kappa shape index (κ2) is 9.22. The van der Waals surface area contributed by atoms with Crippen molar-refractivity contribution >= 4 is 28.3 Å². The Hall–Kier alpha value is -3.33. The molecule has 0 aliphatic heterocycles. The monoisotopic (exact) mass is 443 g/mol. The largest absolute Gasteiger partial charge is 0.497 e. The summed E-state index contributed by atoms with van der Waals surface area (Å²) in [6.45, 7) is 7.00.